The fourth-order valence-electron chi connectivity index (χ4n) is 3.84. The summed E-state index contributed by atoms with van der Waals surface area (Å²) in [5, 5.41) is 0. The van der Waals surface area contributed by atoms with Gasteiger partial charge in [0.2, 0.25) is 0 Å². The fraction of sp³-hybridized carbons (Fsp3) is 0.650. The van der Waals surface area contributed by atoms with Gasteiger partial charge in [0, 0.05) is 0 Å². The number of hydrogen-bond donors (Lipinski definition) is 1. The molecule has 4 heteroatoms. The molecule has 1 unspecified atom stereocenters. The van der Waals surface area contributed by atoms with Crippen LogP contribution in [0.3, 0.4) is 0 Å². The van der Waals surface area contributed by atoms with Gasteiger partial charge in [-0.05, 0) is 60.6 Å². The van der Waals surface area contributed by atoms with Crippen molar-refractivity contribution in [3.8, 4) is 5.75 Å². The number of amidine groups is 1. The average Bonchev–Trinajstić information content (AvgIpc) is 2.98. The van der Waals surface area contributed by atoms with Crippen molar-refractivity contribution in [1.82, 2.24) is 0 Å². The van der Waals surface area contributed by atoms with Crippen LogP contribution in [0.25, 0.3) is 0 Å². The first-order valence-corrected chi connectivity index (χ1v) is 9.11. The van der Waals surface area contributed by atoms with E-state index in [1.807, 2.05) is 0 Å². The van der Waals surface area contributed by atoms with Gasteiger partial charge in [-0.3, -0.25) is 0 Å². The standard InChI is InChI=1S/C20H30N2O2/c1-20(2,3)16-8-4-14(5-9-16)15-6-10-17(11-7-15)23-13-18-12-22-19(21)24-18/h6-7,10-11,14,16,18H,4-5,8-9,12-13H2,1-3H3,(H2,21,22). The Morgan fingerprint density at radius 1 is 1.12 bits per heavy atom. The minimum atomic E-state index is -0.0580. The van der Waals surface area contributed by atoms with E-state index in [2.05, 4.69) is 50.0 Å². The first-order chi connectivity index (χ1) is 11.4. The third-order valence-corrected chi connectivity index (χ3v) is 5.48. The Balaban J connectivity index is 1.48. The zero-order valence-corrected chi connectivity index (χ0v) is 15.1. The number of benzene rings is 1. The summed E-state index contributed by atoms with van der Waals surface area (Å²) < 4.78 is 11.1. The Morgan fingerprint density at radius 3 is 2.33 bits per heavy atom. The van der Waals surface area contributed by atoms with Crippen molar-refractivity contribution < 1.29 is 9.47 Å². The predicted octanol–water partition coefficient (Wildman–Crippen LogP) is 4.10. The lowest BCUT2D eigenvalue weighted by atomic mass is 9.69. The van der Waals surface area contributed by atoms with E-state index in [0.717, 1.165) is 11.7 Å². The van der Waals surface area contributed by atoms with Crippen LogP contribution in [0.5, 0.6) is 5.75 Å². The molecule has 3 rings (SSSR count). The molecule has 132 valence electrons. The summed E-state index contributed by atoms with van der Waals surface area (Å²) in [5.41, 5.74) is 7.39. The molecule has 0 amide bonds. The fourth-order valence-corrected chi connectivity index (χ4v) is 3.84. The highest BCUT2D eigenvalue weighted by molar-refractivity contribution is 5.73. The highest BCUT2D eigenvalue weighted by atomic mass is 16.5. The van der Waals surface area contributed by atoms with E-state index >= 15 is 0 Å². The van der Waals surface area contributed by atoms with Crippen LogP contribution in [-0.4, -0.2) is 25.3 Å². The number of ether oxygens (including phenoxy) is 2. The maximum atomic E-state index is 5.79. The maximum absolute atomic E-state index is 5.79. The van der Waals surface area contributed by atoms with E-state index in [-0.39, 0.29) is 12.1 Å². The molecule has 1 aliphatic carbocycles. The molecular formula is C20H30N2O2. The monoisotopic (exact) mass is 330 g/mol. The van der Waals surface area contributed by atoms with Gasteiger partial charge in [-0.25, -0.2) is 4.99 Å². The quantitative estimate of drug-likeness (QED) is 0.904. The molecule has 1 aromatic carbocycles. The molecule has 1 aliphatic heterocycles. The number of nitrogens with two attached hydrogens (primary N) is 1. The second-order valence-corrected chi connectivity index (χ2v) is 8.21. The van der Waals surface area contributed by atoms with Gasteiger partial charge in [0.1, 0.15) is 12.4 Å². The minimum Gasteiger partial charge on any atom is -0.490 e. The molecule has 2 N–H and O–H groups in total. The lowest BCUT2D eigenvalue weighted by Crippen LogP contribution is -2.25. The summed E-state index contributed by atoms with van der Waals surface area (Å²) in [5.74, 6) is 2.44. The second kappa shape index (κ2) is 7.04. The van der Waals surface area contributed by atoms with Gasteiger partial charge >= 0.3 is 0 Å². The molecule has 0 radical (unpaired) electrons. The second-order valence-electron chi connectivity index (χ2n) is 8.21. The van der Waals surface area contributed by atoms with Crippen molar-refractivity contribution in [2.45, 2.75) is 58.5 Å². The van der Waals surface area contributed by atoms with Crippen molar-refractivity contribution in [2.24, 2.45) is 22.1 Å². The molecule has 2 aliphatic rings. The summed E-state index contributed by atoms with van der Waals surface area (Å²) >= 11 is 0. The Kier molecular flexibility index (Phi) is 5.02. The Bertz CT molecular complexity index is 566. The SMILES string of the molecule is CC(C)(C)C1CCC(c2ccc(OCC3CN=C(N)O3)cc2)CC1. The molecule has 1 saturated carbocycles. The molecular weight excluding hydrogens is 300 g/mol. The third-order valence-electron chi connectivity index (χ3n) is 5.48. The highest BCUT2D eigenvalue weighted by Gasteiger charge is 2.30. The molecule has 0 bridgehead atoms. The van der Waals surface area contributed by atoms with Gasteiger partial charge in [0.05, 0.1) is 6.54 Å². The van der Waals surface area contributed by atoms with E-state index in [0.29, 0.717) is 24.5 Å². The van der Waals surface area contributed by atoms with E-state index in [9.17, 15) is 0 Å². The minimum absolute atomic E-state index is 0.0580. The van der Waals surface area contributed by atoms with Crippen LogP contribution in [0.1, 0.15) is 57.9 Å². The van der Waals surface area contributed by atoms with Crippen LogP contribution >= 0.6 is 0 Å². The largest absolute Gasteiger partial charge is 0.490 e. The van der Waals surface area contributed by atoms with Crippen molar-refractivity contribution in [3.05, 3.63) is 29.8 Å². The van der Waals surface area contributed by atoms with Crippen molar-refractivity contribution in [2.75, 3.05) is 13.2 Å². The first-order valence-electron chi connectivity index (χ1n) is 9.11. The molecule has 1 fully saturated rings. The van der Waals surface area contributed by atoms with Gasteiger partial charge in [-0.2, -0.15) is 0 Å². The van der Waals surface area contributed by atoms with Crippen LogP contribution in [0.4, 0.5) is 0 Å². The zero-order valence-electron chi connectivity index (χ0n) is 15.1. The van der Waals surface area contributed by atoms with Crippen LogP contribution in [0, 0.1) is 11.3 Å². The summed E-state index contributed by atoms with van der Waals surface area (Å²) in [4.78, 5) is 4.02. The Labute approximate surface area is 145 Å². The Morgan fingerprint density at radius 2 is 1.79 bits per heavy atom. The van der Waals surface area contributed by atoms with Gasteiger partial charge in [-0.15, -0.1) is 0 Å². The zero-order chi connectivity index (χ0) is 17.2. The van der Waals surface area contributed by atoms with Crippen LogP contribution in [0.2, 0.25) is 0 Å². The van der Waals surface area contributed by atoms with Gasteiger partial charge in [0.25, 0.3) is 6.02 Å². The summed E-state index contributed by atoms with van der Waals surface area (Å²) in [6.45, 7) is 8.19. The van der Waals surface area contributed by atoms with Crippen molar-refractivity contribution in [1.29, 1.82) is 0 Å². The number of aliphatic imine (C=N–C) groups is 1. The normalized spacial score (nSPS) is 27.5. The van der Waals surface area contributed by atoms with E-state index < -0.39 is 0 Å². The average molecular weight is 330 g/mol. The molecule has 1 atom stereocenters. The lowest BCUT2D eigenvalue weighted by Gasteiger charge is -2.37. The number of rotatable bonds is 4. The van der Waals surface area contributed by atoms with Gasteiger partial charge in [0.15, 0.2) is 6.10 Å². The lowest BCUT2D eigenvalue weighted by molar-refractivity contribution is 0.141. The maximum Gasteiger partial charge on any atom is 0.282 e. The van der Waals surface area contributed by atoms with Crippen LogP contribution < -0.4 is 10.5 Å². The predicted molar refractivity (Wildman–Crippen MR) is 97.5 cm³/mol. The third kappa shape index (κ3) is 4.22. The smallest absolute Gasteiger partial charge is 0.282 e. The molecule has 4 nitrogen and oxygen atoms in total. The van der Waals surface area contributed by atoms with Crippen LogP contribution in [-0.2, 0) is 4.74 Å². The topological polar surface area (TPSA) is 56.8 Å². The van der Waals surface area contributed by atoms with Crippen molar-refractivity contribution >= 4 is 6.02 Å². The molecule has 24 heavy (non-hydrogen) atoms. The first kappa shape index (κ1) is 17.1. The molecule has 0 aromatic heterocycles. The summed E-state index contributed by atoms with van der Waals surface area (Å²) in [6, 6.07) is 8.86. The molecule has 1 aromatic rings. The number of nitrogens with zero attached hydrogens (tertiary/aromatic N) is 1. The van der Waals surface area contributed by atoms with E-state index in [4.69, 9.17) is 15.2 Å². The molecule has 1 heterocycles. The number of hydrogen-bond acceptors (Lipinski definition) is 4. The molecule has 0 spiro atoms. The van der Waals surface area contributed by atoms with E-state index in [1.165, 1.54) is 31.2 Å². The van der Waals surface area contributed by atoms with Gasteiger partial charge < -0.3 is 15.2 Å². The van der Waals surface area contributed by atoms with Gasteiger partial charge in [-0.1, -0.05) is 32.9 Å². The summed E-state index contributed by atoms with van der Waals surface area (Å²) in [7, 11) is 0. The van der Waals surface area contributed by atoms with Crippen molar-refractivity contribution in [3.63, 3.8) is 0 Å². The summed E-state index contributed by atoms with van der Waals surface area (Å²) in [6.07, 6.45) is 5.22. The highest BCUT2D eigenvalue weighted by Crippen LogP contribution is 2.43. The Hall–Kier alpha value is -1.71. The molecule has 0 saturated heterocycles. The van der Waals surface area contributed by atoms with Crippen LogP contribution in [0.15, 0.2) is 29.3 Å². The van der Waals surface area contributed by atoms with E-state index in [1.54, 1.807) is 0 Å².